The number of hydrogen-bond donors (Lipinski definition) is 0. The Hall–Kier alpha value is -2.99. The van der Waals surface area contributed by atoms with E-state index in [1.54, 1.807) is 18.2 Å². The molecule has 0 saturated heterocycles. The van der Waals surface area contributed by atoms with Gasteiger partial charge in [0.05, 0.1) is 16.3 Å². The normalized spacial score (nSPS) is 11.5. The zero-order valence-electron chi connectivity index (χ0n) is 13.8. The predicted octanol–water partition coefficient (Wildman–Crippen LogP) is 4.85. The summed E-state index contributed by atoms with van der Waals surface area (Å²) in [5, 5.41) is 13.0. The summed E-state index contributed by atoms with van der Waals surface area (Å²) in [7, 11) is 0. The third-order valence-corrected chi connectivity index (χ3v) is 4.55. The molecule has 0 aliphatic rings. The van der Waals surface area contributed by atoms with Crippen molar-refractivity contribution in [1.29, 1.82) is 0 Å². The summed E-state index contributed by atoms with van der Waals surface area (Å²) < 4.78 is 2.01. The van der Waals surface area contributed by atoms with Crippen LogP contribution >= 0.6 is 11.3 Å². The van der Waals surface area contributed by atoms with E-state index in [4.69, 9.17) is 4.99 Å². The number of nitro benzene ring substituents is 1. The van der Waals surface area contributed by atoms with Crippen molar-refractivity contribution < 1.29 is 4.92 Å². The van der Waals surface area contributed by atoms with Crippen LogP contribution in [0.25, 0.3) is 11.3 Å². The number of benzene rings is 2. The summed E-state index contributed by atoms with van der Waals surface area (Å²) in [4.78, 5) is 16.2. The summed E-state index contributed by atoms with van der Waals surface area (Å²) in [6.45, 7) is 6.42. The second-order valence-electron chi connectivity index (χ2n) is 5.56. The molecular weight excluding hydrogens is 334 g/mol. The number of hydrogen-bond acceptors (Lipinski definition) is 4. The van der Waals surface area contributed by atoms with Crippen molar-refractivity contribution in [1.82, 2.24) is 4.57 Å². The minimum Gasteiger partial charge on any atom is -0.313 e. The molecule has 0 atom stereocenters. The number of allylic oxidation sites excluding steroid dienone is 1. The van der Waals surface area contributed by atoms with Crippen molar-refractivity contribution in [3.05, 3.63) is 87.0 Å². The lowest BCUT2D eigenvalue weighted by Crippen LogP contribution is -2.14. The molecule has 0 unspecified atom stereocenters. The monoisotopic (exact) mass is 351 g/mol. The van der Waals surface area contributed by atoms with Crippen LogP contribution in [0.1, 0.15) is 5.56 Å². The van der Waals surface area contributed by atoms with Crippen LogP contribution in [-0.4, -0.2) is 9.49 Å². The summed E-state index contributed by atoms with van der Waals surface area (Å²) in [5.74, 6) is 0. The Morgan fingerprint density at radius 2 is 2.08 bits per heavy atom. The fraction of sp³-hybridized carbons (Fsp3) is 0.105. The molecule has 126 valence electrons. The molecule has 1 heterocycles. The third-order valence-electron chi connectivity index (χ3n) is 3.69. The van der Waals surface area contributed by atoms with Gasteiger partial charge in [-0.25, -0.2) is 4.99 Å². The highest BCUT2D eigenvalue weighted by atomic mass is 32.1. The highest BCUT2D eigenvalue weighted by molar-refractivity contribution is 7.07. The van der Waals surface area contributed by atoms with Gasteiger partial charge in [-0.1, -0.05) is 30.3 Å². The number of nitro groups is 1. The number of aromatic nitrogens is 1. The van der Waals surface area contributed by atoms with E-state index in [9.17, 15) is 10.1 Å². The van der Waals surface area contributed by atoms with E-state index in [1.165, 1.54) is 17.4 Å². The molecule has 0 aliphatic heterocycles. The number of aryl methyl sites for hydroxylation is 1. The molecule has 0 bridgehead atoms. The third kappa shape index (κ3) is 3.75. The van der Waals surface area contributed by atoms with Crippen molar-refractivity contribution >= 4 is 22.7 Å². The minimum atomic E-state index is -0.383. The number of nitrogens with zero attached hydrogens (tertiary/aromatic N) is 3. The highest BCUT2D eigenvalue weighted by Gasteiger charge is 2.11. The first-order valence-corrected chi connectivity index (χ1v) is 8.62. The Morgan fingerprint density at radius 3 is 2.80 bits per heavy atom. The second-order valence-corrected chi connectivity index (χ2v) is 6.40. The van der Waals surface area contributed by atoms with Crippen molar-refractivity contribution in [3.8, 4) is 11.3 Å². The fourth-order valence-corrected chi connectivity index (χ4v) is 3.48. The summed E-state index contributed by atoms with van der Waals surface area (Å²) in [6, 6.07) is 14.6. The van der Waals surface area contributed by atoms with Gasteiger partial charge in [0.1, 0.15) is 0 Å². The zero-order valence-corrected chi connectivity index (χ0v) is 14.6. The van der Waals surface area contributed by atoms with Gasteiger partial charge in [-0.05, 0) is 24.6 Å². The molecule has 25 heavy (non-hydrogen) atoms. The first kappa shape index (κ1) is 16.9. The largest absolute Gasteiger partial charge is 0.313 e. The van der Waals surface area contributed by atoms with Crippen LogP contribution in [0, 0.1) is 17.0 Å². The smallest absolute Gasteiger partial charge is 0.270 e. The average molecular weight is 351 g/mol. The van der Waals surface area contributed by atoms with Gasteiger partial charge in [0.2, 0.25) is 0 Å². The summed E-state index contributed by atoms with van der Waals surface area (Å²) in [5.41, 5.74) is 3.78. The summed E-state index contributed by atoms with van der Waals surface area (Å²) >= 11 is 1.50. The highest BCUT2D eigenvalue weighted by Crippen LogP contribution is 2.25. The van der Waals surface area contributed by atoms with Crippen LogP contribution in [-0.2, 0) is 6.54 Å². The van der Waals surface area contributed by atoms with Gasteiger partial charge >= 0.3 is 0 Å². The lowest BCUT2D eigenvalue weighted by Gasteiger charge is -2.06. The molecule has 0 spiro atoms. The molecule has 0 N–H and O–H groups in total. The van der Waals surface area contributed by atoms with Crippen molar-refractivity contribution in [3.63, 3.8) is 0 Å². The first-order valence-electron chi connectivity index (χ1n) is 7.74. The van der Waals surface area contributed by atoms with E-state index in [1.807, 2.05) is 47.2 Å². The van der Waals surface area contributed by atoms with Gasteiger partial charge in [-0.15, -0.1) is 17.9 Å². The molecular formula is C19H17N3O2S. The zero-order chi connectivity index (χ0) is 17.8. The van der Waals surface area contributed by atoms with Gasteiger partial charge < -0.3 is 4.57 Å². The Bertz CT molecular complexity index is 1000. The quantitative estimate of drug-likeness (QED) is 0.375. The van der Waals surface area contributed by atoms with Crippen molar-refractivity contribution in [2.45, 2.75) is 13.5 Å². The van der Waals surface area contributed by atoms with E-state index in [-0.39, 0.29) is 10.6 Å². The minimum absolute atomic E-state index is 0.0750. The van der Waals surface area contributed by atoms with E-state index >= 15 is 0 Å². The van der Waals surface area contributed by atoms with E-state index < -0.39 is 0 Å². The van der Waals surface area contributed by atoms with Crippen LogP contribution in [0.3, 0.4) is 0 Å². The van der Waals surface area contributed by atoms with E-state index in [0.29, 0.717) is 6.54 Å². The molecule has 5 nitrogen and oxygen atoms in total. The van der Waals surface area contributed by atoms with Crippen molar-refractivity contribution in [2.24, 2.45) is 4.99 Å². The molecule has 6 heteroatoms. The maximum Gasteiger partial charge on any atom is 0.270 e. The van der Waals surface area contributed by atoms with Gasteiger partial charge in [0.25, 0.3) is 5.69 Å². The summed E-state index contributed by atoms with van der Waals surface area (Å²) in [6.07, 6.45) is 1.79. The van der Waals surface area contributed by atoms with Gasteiger partial charge in [0.15, 0.2) is 4.80 Å². The Kier molecular flexibility index (Phi) is 4.90. The molecule has 0 fully saturated rings. The topological polar surface area (TPSA) is 60.4 Å². The molecule has 3 aromatic rings. The Balaban J connectivity index is 2.13. The fourth-order valence-electron chi connectivity index (χ4n) is 2.54. The molecule has 1 aromatic heterocycles. The lowest BCUT2D eigenvalue weighted by atomic mass is 10.1. The van der Waals surface area contributed by atoms with Gasteiger partial charge in [-0.3, -0.25) is 10.1 Å². The maximum atomic E-state index is 11.0. The number of thiazole rings is 1. The molecule has 0 aliphatic carbocycles. The van der Waals surface area contributed by atoms with Crippen LogP contribution in [0.2, 0.25) is 0 Å². The number of rotatable bonds is 5. The van der Waals surface area contributed by atoms with E-state index in [2.05, 4.69) is 6.58 Å². The van der Waals surface area contributed by atoms with Crippen LogP contribution < -0.4 is 4.80 Å². The van der Waals surface area contributed by atoms with Crippen LogP contribution in [0.5, 0.6) is 0 Å². The van der Waals surface area contributed by atoms with E-state index in [0.717, 1.165) is 27.3 Å². The van der Waals surface area contributed by atoms with Crippen LogP contribution in [0.4, 0.5) is 11.4 Å². The predicted molar refractivity (Wildman–Crippen MR) is 101 cm³/mol. The first-order chi connectivity index (χ1) is 12.1. The lowest BCUT2D eigenvalue weighted by molar-refractivity contribution is -0.384. The molecule has 0 saturated carbocycles. The number of non-ortho nitro benzene ring substituents is 1. The second kappa shape index (κ2) is 7.27. The Labute approximate surface area is 149 Å². The van der Waals surface area contributed by atoms with Crippen LogP contribution in [0.15, 0.2) is 71.6 Å². The maximum absolute atomic E-state index is 11.0. The van der Waals surface area contributed by atoms with Crippen molar-refractivity contribution in [2.75, 3.05) is 0 Å². The average Bonchev–Trinajstić information content (AvgIpc) is 2.98. The molecule has 0 radical (unpaired) electrons. The molecule has 0 amide bonds. The standard InChI is InChI=1S/C19H17N3O2S/c1-3-10-21-18(15-7-5-9-17(12-15)22(23)24)13-25-19(21)20-16-8-4-6-14(2)11-16/h3-9,11-13H,1,10H2,2H3. The molecule has 2 aromatic carbocycles. The Morgan fingerprint density at radius 1 is 1.28 bits per heavy atom. The van der Waals surface area contributed by atoms with Gasteiger partial charge in [-0.2, -0.15) is 0 Å². The molecule has 3 rings (SSSR count). The van der Waals surface area contributed by atoms with Gasteiger partial charge in [0, 0.05) is 29.6 Å². The SMILES string of the molecule is C=CCn1c(-c2cccc([N+](=O)[O-])c2)csc1=Nc1cccc(C)c1.